The molecule has 2 heterocycles. The summed E-state index contributed by atoms with van der Waals surface area (Å²) in [6, 6.07) is 4.15. The molecule has 1 nitrogen and oxygen atoms in total. The lowest BCUT2D eigenvalue weighted by atomic mass is 10.2. The predicted molar refractivity (Wildman–Crippen MR) is 43.3 cm³/mol. The topological polar surface area (TPSA) is 12.9 Å². The van der Waals surface area contributed by atoms with Crippen LogP contribution >= 0.6 is 11.8 Å². The van der Waals surface area contributed by atoms with Gasteiger partial charge in [0.15, 0.2) is 0 Å². The van der Waals surface area contributed by atoms with Gasteiger partial charge in [-0.2, -0.15) is 0 Å². The molecule has 0 N–H and O–H groups in total. The summed E-state index contributed by atoms with van der Waals surface area (Å²) >= 11 is 1.93. The van der Waals surface area contributed by atoms with Crippen molar-refractivity contribution in [1.29, 1.82) is 0 Å². The monoisotopic (exact) mass is 151 g/mol. The third-order valence-electron chi connectivity index (χ3n) is 1.66. The maximum Gasteiger partial charge on any atom is 0.0550 e. The van der Waals surface area contributed by atoms with Crippen molar-refractivity contribution in [1.82, 2.24) is 4.98 Å². The molecule has 0 aromatic carbocycles. The van der Waals surface area contributed by atoms with Gasteiger partial charge in [0.1, 0.15) is 0 Å². The van der Waals surface area contributed by atoms with Gasteiger partial charge >= 0.3 is 0 Å². The average Bonchev–Trinajstić information content (AvgIpc) is 2.27. The maximum absolute atomic E-state index is 4.29. The number of hydrogen-bond donors (Lipinski definition) is 0. The zero-order valence-corrected chi connectivity index (χ0v) is 6.69. The van der Waals surface area contributed by atoms with Gasteiger partial charge in [-0.05, 0) is 12.1 Å². The van der Waals surface area contributed by atoms with Crippen LogP contribution in [0.15, 0.2) is 23.2 Å². The summed E-state index contributed by atoms with van der Waals surface area (Å²) in [7, 11) is 0. The lowest BCUT2D eigenvalue weighted by Gasteiger charge is -1.92. The standard InChI is InChI=1S/C8H9NS/c1-6-5-7-8(10-6)3-2-4-9-7/h2-4,6H,5H2,1H3. The van der Waals surface area contributed by atoms with E-state index in [2.05, 4.69) is 18.0 Å². The van der Waals surface area contributed by atoms with E-state index in [0.29, 0.717) is 0 Å². The minimum absolute atomic E-state index is 0.727. The van der Waals surface area contributed by atoms with E-state index in [4.69, 9.17) is 0 Å². The second-order valence-electron chi connectivity index (χ2n) is 2.58. The molecule has 0 saturated carbocycles. The summed E-state index contributed by atoms with van der Waals surface area (Å²) in [5, 5.41) is 0.727. The van der Waals surface area contributed by atoms with Crippen molar-refractivity contribution in [3.05, 3.63) is 24.0 Å². The third-order valence-corrected chi connectivity index (χ3v) is 2.85. The molecule has 1 aliphatic rings. The normalized spacial score (nSPS) is 22.7. The van der Waals surface area contributed by atoms with Crippen LogP contribution in [0.1, 0.15) is 12.6 Å². The van der Waals surface area contributed by atoms with E-state index in [9.17, 15) is 0 Å². The van der Waals surface area contributed by atoms with Crippen LogP contribution in [0.5, 0.6) is 0 Å². The fourth-order valence-electron chi connectivity index (χ4n) is 1.21. The number of fused-ring (bicyclic) bond motifs is 1. The lowest BCUT2D eigenvalue weighted by Crippen LogP contribution is -1.92. The number of aromatic nitrogens is 1. The average molecular weight is 151 g/mol. The van der Waals surface area contributed by atoms with Crippen molar-refractivity contribution >= 4 is 11.8 Å². The van der Waals surface area contributed by atoms with Crippen LogP contribution in [0.3, 0.4) is 0 Å². The Labute approximate surface area is 64.9 Å². The van der Waals surface area contributed by atoms with E-state index in [0.717, 1.165) is 11.7 Å². The molecule has 0 saturated heterocycles. The molecule has 0 fully saturated rings. The van der Waals surface area contributed by atoms with Crippen LogP contribution in [-0.2, 0) is 6.42 Å². The number of nitrogens with zero attached hydrogens (tertiary/aromatic N) is 1. The predicted octanol–water partition coefficient (Wildman–Crippen LogP) is 2.12. The first kappa shape index (κ1) is 6.23. The maximum atomic E-state index is 4.29. The Bertz CT molecular complexity index is 222. The Balaban J connectivity index is 2.42. The first-order valence-corrected chi connectivity index (χ1v) is 4.35. The molecule has 1 atom stereocenters. The van der Waals surface area contributed by atoms with E-state index in [1.54, 1.807) is 0 Å². The van der Waals surface area contributed by atoms with Gasteiger partial charge < -0.3 is 0 Å². The molecule has 1 aliphatic heterocycles. The van der Waals surface area contributed by atoms with Gasteiger partial charge in [0.25, 0.3) is 0 Å². The lowest BCUT2D eigenvalue weighted by molar-refractivity contribution is 0.911. The first-order valence-electron chi connectivity index (χ1n) is 3.47. The Hall–Kier alpha value is -0.500. The van der Waals surface area contributed by atoms with Crippen LogP contribution in [0.25, 0.3) is 0 Å². The summed E-state index contributed by atoms with van der Waals surface area (Å²) in [6.07, 6.45) is 3.01. The summed E-state index contributed by atoms with van der Waals surface area (Å²) in [6.45, 7) is 2.24. The molecule has 52 valence electrons. The van der Waals surface area contributed by atoms with E-state index < -0.39 is 0 Å². The van der Waals surface area contributed by atoms with Gasteiger partial charge in [0.2, 0.25) is 0 Å². The second kappa shape index (κ2) is 2.27. The SMILES string of the molecule is CC1Cc2ncccc2S1. The summed E-state index contributed by atoms with van der Waals surface area (Å²) in [4.78, 5) is 5.66. The van der Waals surface area contributed by atoms with E-state index in [1.807, 2.05) is 24.0 Å². The van der Waals surface area contributed by atoms with Crippen LogP contribution in [-0.4, -0.2) is 10.2 Å². The highest BCUT2D eigenvalue weighted by atomic mass is 32.2. The fourth-order valence-corrected chi connectivity index (χ4v) is 2.32. The molecule has 0 amide bonds. The number of rotatable bonds is 0. The smallest absolute Gasteiger partial charge is 0.0550 e. The van der Waals surface area contributed by atoms with Crippen LogP contribution < -0.4 is 0 Å². The zero-order chi connectivity index (χ0) is 6.97. The van der Waals surface area contributed by atoms with Crippen molar-refractivity contribution in [2.45, 2.75) is 23.5 Å². The number of pyridine rings is 1. The molecule has 1 unspecified atom stereocenters. The molecule has 0 bridgehead atoms. The van der Waals surface area contributed by atoms with Gasteiger partial charge in [-0.15, -0.1) is 11.8 Å². The van der Waals surface area contributed by atoms with Gasteiger partial charge in [-0.25, -0.2) is 0 Å². The molecule has 2 rings (SSSR count). The summed E-state index contributed by atoms with van der Waals surface area (Å²) < 4.78 is 0. The number of hydrogen-bond acceptors (Lipinski definition) is 2. The molecule has 0 aliphatic carbocycles. The molecular formula is C8H9NS. The Morgan fingerprint density at radius 2 is 2.60 bits per heavy atom. The Morgan fingerprint density at radius 3 is 3.40 bits per heavy atom. The van der Waals surface area contributed by atoms with E-state index in [-0.39, 0.29) is 0 Å². The van der Waals surface area contributed by atoms with Crippen LogP contribution in [0.2, 0.25) is 0 Å². The van der Waals surface area contributed by atoms with Crippen molar-refractivity contribution in [2.75, 3.05) is 0 Å². The summed E-state index contributed by atoms with van der Waals surface area (Å²) in [5.41, 5.74) is 1.28. The summed E-state index contributed by atoms with van der Waals surface area (Å²) in [5.74, 6) is 0. The number of thioether (sulfide) groups is 1. The fraction of sp³-hybridized carbons (Fsp3) is 0.375. The molecule has 10 heavy (non-hydrogen) atoms. The van der Waals surface area contributed by atoms with E-state index in [1.165, 1.54) is 10.6 Å². The molecule has 1 aromatic heterocycles. The quantitative estimate of drug-likeness (QED) is 0.563. The second-order valence-corrected chi connectivity index (χ2v) is 4.06. The molecule has 1 aromatic rings. The van der Waals surface area contributed by atoms with Crippen molar-refractivity contribution < 1.29 is 0 Å². The van der Waals surface area contributed by atoms with Crippen LogP contribution in [0, 0.1) is 0 Å². The first-order chi connectivity index (χ1) is 4.86. The van der Waals surface area contributed by atoms with Gasteiger partial charge in [-0.3, -0.25) is 4.98 Å². The van der Waals surface area contributed by atoms with Crippen molar-refractivity contribution in [3.8, 4) is 0 Å². The van der Waals surface area contributed by atoms with Crippen molar-refractivity contribution in [2.24, 2.45) is 0 Å². The minimum atomic E-state index is 0.727. The van der Waals surface area contributed by atoms with Gasteiger partial charge in [-0.1, -0.05) is 6.92 Å². The Morgan fingerprint density at radius 1 is 1.70 bits per heavy atom. The van der Waals surface area contributed by atoms with E-state index >= 15 is 0 Å². The molecule has 0 radical (unpaired) electrons. The largest absolute Gasteiger partial charge is 0.260 e. The van der Waals surface area contributed by atoms with Gasteiger partial charge in [0.05, 0.1) is 5.69 Å². The highest BCUT2D eigenvalue weighted by Gasteiger charge is 2.18. The molecular weight excluding hydrogens is 142 g/mol. The Kier molecular flexibility index (Phi) is 1.42. The highest BCUT2D eigenvalue weighted by molar-refractivity contribution is 8.00. The van der Waals surface area contributed by atoms with Gasteiger partial charge in [0, 0.05) is 22.8 Å². The minimum Gasteiger partial charge on any atom is -0.260 e. The third kappa shape index (κ3) is 0.926. The zero-order valence-electron chi connectivity index (χ0n) is 5.87. The molecule has 2 heteroatoms. The van der Waals surface area contributed by atoms with Crippen molar-refractivity contribution in [3.63, 3.8) is 0 Å². The molecule has 0 spiro atoms. The van der Waals surface area contributed by atoms with Crippen LogP contribution in [0.4, 0.5) is 0 Å². The highest BCUT2D eigenvalue weighted by Crippen LogP contribution is 2.34.